The molecule has 8 aromatic rings. The highest BCUT2D eigenvalue weighted by molar-refractivity contribution is 6.07. The van der Waals surface area contributed by atoms with E-state index in [0.717, 1.165) is 61.1 Å². The molecule has 42 heavy (non-hydrogen) atoms. The number of para-hydroxylation sites is 2. The van der Waals surface area contributed by atoms with Gasteiger partial charge in [-0.05, 0) is 39.6 Å². The Morgan fingerprint density at radius 1 is 0.500 bits per heavy atom. The minimum absolute atomic E-state index is 0.661. The van der Waals surface area contributed by atoms with Gasteiger partial charge in [-0.1, -0.05) is 121 Å². The maximum absolute atomic E-state index is 5.87. The van der Waals surface area contributed by atoms with Crippen molar-refractivity contribution in [2.75, 3.05) is 0 Å². The van der Waals surface area contributed by atoms with Crippen molar-refractivity contribution in [2.24, 2.45) is 0 Å². The van der Waals surface area contributed by atoms with Crippen molar-refractivity contribution in [1.82, 2.24) is 15.0 Å². The Kier molecular flexibility index (Phi) is 5.64. The van der Waals surface area contributed by atoms with Crippen LogP contribution in [0.25, 0.3) is 77.7 Å². The first kappa shape index (κ1) is 24.2. The molecule has 0 N–H and O–H groups in total. The van der Waals surface area contributed by atoms with Crippen LogP contribution < -0.4 is 0 Å². The van der Waals surface area contributed by atoms with Gasteiger partial charge in [0.2, 0.25) is 0 Å². The maximum Gasteiger partial charge on any atom is 0.192 e. The number of nitrogens with zero attached hydrogens (tertiary/aromatic N) is 3. The zero-order valence-electron chi connectivity index (χ0n) is 23.0. The fourth-order valence-corrected chi connectivity index (χ4v) is 5.89. The standard InChI is InChI=1S/C38H25N3O/c1-24-39-37-31(15-9-17-34(37)42-24)30-23-22-25-10-5-6-13-29(25)35(30)26-18-20-28(21-19-26)38-40-33-16-8-7-14-32(33)36(41-38)27-11-3-2-4-12-27/h2-23H,1H3. The van der Waals surface area contributed by atoms with E-state index in [2.05, 4.69) is 91.0 Å². The molecule has 0 spiro atoms. The van der Waals surface area contributed by atoms with Crippen LogP contribution in [0.3, 0.4) is 0 Å². The summed E-state index contributed by atoms with van der Waals surface area (Å²) in [4.78, 5) is 14.8. The smallest absolute Gasteiger partial charge is 0.192 e. The average Bonchev–Trinajstić information content (AvgIpc) is 3.44. The molecule has 6 aromatic carbocycles. The molecule has 0 radical (unpaired) electrons. The molecule has 0 atom stereocenters. The van der Waals surface area contributed by atoms with E-state index in [1.54, 1.807) is 0 Å². The highest BCUT2D eigenvalue weighted by Gasteiger charge is 2.17. The molecule has 2 heterocycles. The molecule has 0 fully saturated rings. The second-order valence-corrected chi connectivity index (χ2v) is 10.5. The van der Waals surface area contributed by atoms with Gasteiger partial charge in [-0.3, -0.25) is 0 Å². The Morgan fingerprint density at radius 3 is 2.10 bits per heavy atom. The van der Waals surface area contributed by atoms with Crippen molar-refractivity contribution in [1.29, 1.82) is 0 Å². The first-order valence-electron chi connectivity index (χ1n) is 14.0. The monoisotopic (exact) mass is 539 g/mol. The van der Waals surface area contributed by atoms with E-state index in [1.165, 1.54) is 10.8 Å². The second-order valence-electron chi connectivity index (χ2n) is 10.5. The van der Waals surface area contributed by atoms with Gasteiger partial charge in [0.05, 0.1) is 11.2 Å². The van der Waals surface area contributed by atoms with Crippen LogP contribution in [0.4, 0.5) is 0 Å². The summed E-state index contributed by atoms with van der Waals surface area (Å²) in [5.74, 6) is 1.37. The Morgan fingerprint density at radius 2 is 1.24 bits per heavy atom. The quantitative estimate of drug-likeness (QED) is 0.223. The Balaban J connectivity index is 1.30. The number of aryl methyl sites for hydroxylation is 1. The summed E-state index contributed by atoms with van der Waals surface area (Å²) in [5.41, 5.74) is 10.0. The predicted octanol–water partition coefficient (Wildman–Crippen LogP) is 9.90. The average molecular weight is 540 g/mol. The van der Waals surface area contributed by atoms with E-state index >= 15 is 0 Å². The highest BCUT2D eigenvalue weighted by atomic mass is 16.3. The lowest BCUT2D eigenvalue weighted by molar-refractivity contribution is 0.561. The number of hydrogen-bond acceptors (Lipinski definition) is 4. The zero-order chi connectivity index (χ0) is 28.0. The summed E-state index contributed by atoms with van der Waals surface area (Å²) in [6.07, 6.45) is 0. The number of fused-ring (bicyclic) bond motifs is 3. The van der Waals surface area contributed by atoms with Crippen LogP contribution >= 0.6 is 0 Å². The number of oxazole rings is 1. The lowest BCUT2D eigenvalue weighted by Crippen LogP contribution is -1.95. The van der Waals surface area contributed by atoms with Gasteiger partial charge in [-0.25, -0.2) is 15.0 Å². The summed E-state index contributed by atoms with van der Waals surface area (Å²) in [6.45, 7) is 1.89. The van der Waals surface area contributed by atoms with Crippen molar-refractivity contribution in [2.45, 2.75) is 6.92 Å². The third-order valence-corrected chi connectivity index (χ3v) is 7.83. The number of benzene rings is 6. The van der Waals surface area contributed by atoms with Gasteiger partial charge in [-0.15, -0.1) is 0 Å². The summed E-state index contributed by atoms with van der Waals surface area (Å²) in [5, 5.41) is 3.42. The number of rotatable bonds is 4. The Hall–Kier alpha value is -5.61. The first-order valence-corrected chi connectivity index (χ1v) is 14.0. The van der Waals surface area contributed by atoms with Crippen LogP contribution in [-0.4, -0.2) is 15.0 Å². The van der Waals surface area contributed by atoms with Gasteiger partial charge in [-0.2, -0.15) is 0 Å². The minimum Gasteiger partial charge on any atom is -0.441 e. The first-order chi connectivity index (χ1) is 20.7. The van der Waals surface area contributed by atoms with Crippen LogP contribution in [0.15, 0.2) is 138 Å². The number of hydrogen-bond donors (Lipinski definition) is 0. The van der Waals surface area contributed by atoms with Crippen molar-refractivity contribution in [3.8, 4) is 44.9 Å². The molecule has 0 aliphatic carbocycles. The third-order valence-electron chi connectivity index (χ3n) is 7.83. The third kappa shape index (κ3) is 4.04. The van der Waals surface area contributed by atoms with E-state index in [1.807, 2.05) is 49.4 Å². The van der Waals surface area contributed by atoms with Crippen LogP contribution in [0.1, 0.15) is 5.89 Å². The topological polar surface area (TPSA) is 51.8 Å². The predicted molar refractivity (Wildman–Crippen MR) is 171 cm³/mol. The molecule has 0 aliphatic rings. The lowest BCUT2D eigenvalue weighted by atomic mass is 9.89. The van der Waals surface area contributed by atoms with Gasteiger partial charge < -0.3 is 4.42 Å². The van der Waals surface area contributed by atoms with E-state index in [-0.39, 0.29) is 0 Å². The van der Waals surface area contributed by atoms with Crippen molar-refractivity contribution < 1.29 is 4.42 Å². The molecule has 0 amide bonds. The van der Waals surface area contributed by atoms with Gasteiger partial charge in [0.1, 0.15) is 5.52 Å². The van der Waals surface area contributed by atoms with Crippen LogP contribution in [0.5, 0.6) is 0 Å². The van der Waals surface area contributed by atoms with Crippen molar-refractivity contribution >= 4 is 32.8 Å². The second kappa shape index (κ2) is 9.79. The van der Waals surface area contributed by atoms with E-state index in [0.29, 0.717) is 11.7 Å². The van der Waals surface area contributed by atoms with Gasteiger partial charge in [0, 0.05) is 29.0 Å². The molecule has 198 valence electrons. The summed E-state index contributed by atoms with van der Waals surface area (Å²) in [7, 11) is 0. The van der Waals surface area contributed by atoms with E-state index < -0.39 is 0 Å². The maximum atomic E-state index is 5.87. The Bertz CT molecular complexity index is 2250. The van der Waals surface area contributed by atoms with Crippen LogP contribution in [0, 0.1) is 6.92 Å². The Labute approximate surface area is 243 Å². The van der Waals surface area contributed by atoms with Gasteiger partial charge in [0.25, 0.3) is 0 Å². The molecule has 8 rings (SSSR count). The van der Waals surface area contributed by atoms with Gasteiger partial charge >= 0.3 is 0 Å². The number of aromatic nitrogens is 3. The van der Waals surface area contributed by atoms with Crippen LogP contribution in [0.2, 0.25) is 0 Å². The lowest BCUT2D eigenvalue weighted by Gasteiger charge is -2.15. The summed E-state index contributed by atoms with van der Waals surface area (Å²) in [6, 6.07) is 46.2. The van der Waals surface area contributed by atoms with Gasteiger partial charge in [0.15, 0.2) is 17.3 Å². The molecule has 0 aliphatic heterocycles. The van der Waals surface area contributed by atoms with Crippen molar-refractivity contribution in [3.05, 3.63) is 139 Å². The van der Waals surface area contributed by atoms with Crippen molar-refractivity contribution in [3.63, 3.8) is 0 Å². The molecular formula is C38H25N3O. The molecule has 0 unspecified atom stereocenters. The molecule has 2 aromatic heterocycles. The largest absolute Gasteiger partial charge is 0.441 e. The molecule has 0 saturated heterocycles. The summed E-state index contributed by atoms with van der Waals surface area (Å²) >= 11 is 0. The minimum atomic E-state index is 0.661. The molecule has 4 heteroatoms. The molecule has 0 bridgehead atoms. The fraction of sp³-hybridized carbons (Fsp3) is 0.0263. The van der Waals surface area contributed by atoms with E-state index in [9.17, 15) is 0 Å². The summed E-state index contributed by atoms with van der Waals surface area (Å²) < 4.78 is 5.87. The molecule has 4 nitrogen and oxygen atoms in total. The fourth-order valence-electron chi connectivity index (χ4n) is 5.89. The van der Waals surface area contributed by atoms with E-state index in [4.69, 9.17) is 19.4 Å². The zero-order valence-corrected chi connectivity index (χ0v) is 23.0. The molecule has 0 saturated carbocycles. The van der Waals surface area contributed by atoms with Crippen LogP contribution in [-0.2, 0) is 0 Å². The highest BCUT2D eigenvalue weighted by Crippen LogP contribution is 2.41. The molecular weight excluding hydrogens is 514 g/mol. The normalized spacial score (nSPS) is 11.5. The SMILES string of the molecule is Cc1nc2c(-c3ccc4ccccc4c3-c3ccc(-c4nc(-c5ccccc5)c5ccccc5n4)cc3)cccc2o1.